The van der Waals surface area contributed by atoms with Crippen LogP contribution in [0.2, 0.25) is 0 Å². The lowest BCUT2D eigenvalue weighted by Crippen LogP contribution is -2.45. The van der Waals surface area contributed by atoms with E-state index in [0.29, 0.717) is 0 Å². The van der Waals surface area contributed by atoms with Crippen molar-refractivity contribution < 1.29 is 4.79 Å². The number of hydrogen-bond acceptors (Lipinski definition) is 3. The molecule has 0 aliphatic carbocycles. The van der Waals surface area contributed by atoms with Gasteiger partial charge in [0.25, 0.3) is 0 Å². The van der Waals surface area contributed by atoms with Crippen molar-refractivity contribution in [2.24, 2.45) is 11.7 Å². The summed E-state index contributed by atoms with van der Waals surface area (Å²) < 4.78 is 0. The van der Waals surface area contributed by atoms with Crippen LogP contribution in [0.1, 0.15) is 32.5 Å². The molecule has 0 aliphatic rings. The molecule has 0 unspecified atom stereocenters. The first kappa shape index (κ1) is 13.6. The molecule has 1 heterocycles. The maximum Gasteiger partial charge on any atom is 0.240 e. The Morgan fingerprint density at radius 1 is 1.35 bits per heavy atom. The Morgan fingerprint density at radius 2 is 2.00 bits per heavy atom. The maximum atomic E-state index is 12.1. The number of carbonyl (C=O) groups excluding carboxylic acids is 1. The average molecular weight is 235 g/mol. The van der Waals surface area contributed by atoms with Crippen LogP contribution in [0, 0.1) is 5.92 Å². The predicted molar refractivity (Wildman–Crippen MR) is 68.2 cm³/mol. The number of nitrogens with zero attached hydrogens (tertiary/aromatic N) is 2. The Morgan fingerprint density at radius 3 is 2.47 bits per heavy atom. The van der Waals surface area contributed by atoms with Gasteiger partial charge in [0.05, 0.1) is 17.8 Å². The molecular weight excluding hydrogens is 214 g/mol. The van der Waals surface area contributed by atoms with Gasteiger partial charge < -0.3 is 10.6 Å². The molecule has 0 saturated carbocycles. The molecule has 0 aromatic carbocycles. The van der Waals surface area contributed by atoms with E-state index in [-0.39, 0.29) is 17.9 Å². The normalized spacial score (nSPS) is 14.5. The second-order valence-corrected chi connectivity index (χ2v) is 4.65. The Hall–Kier alpha value is -1.42. The molecule has 0 radical (unpaired) electrons. The second-order valence-electron chi connectivity index (χ2n) is 4.65. The van der Waals surface area contributed by atoms with E-state index < -0.39 is 6.04 Å². The molecule has 0 bridgehead atoms. The quantitative estimate of drug-likeness (QED) is 0.862. The van der Waals surface area contributed by atoms with Crippen LogP contribution in [-0.4, -0.2) is 28.9 Å². The Kier molecular flexibility index (Phi) is 4.63. The second kappa shape index (κ2) is 5.77. The number of nitrogens with two attached hydrogens (primary N) is 1. The fraction of sp³-hybridized carbons (Fsp3) is 0.538. The van der Waals surface area contributed by atoms with Gasteiger partial charge in [-0.1, -0.05) is 19.9 Å². The van der Waals surface area contributed by atoms with Gasteiger partial charge in [0.1, 0.15) is 0 Å². The maximum absolute atomic E-state index is 12.1. The fourth-order valence-electron chi connectivity index (χ4n) is 1.53. The van der Waals surface area contributed by atoms with Gasteiger partial charge in [-0.15, -0.1) is 0 Å². The zero-order chi connectivity index (χ0) is 13.0. The molecule has 2 atom stereocenters. The first-order valence-corrected chi connectivity index (χ1v) is 5.88. The zero-order valence-corrected chi connectivity index (χ0v) is 10.9. The lowest BCUT2D eigenvalue weighted by atomic mass is 10.0. The van der Waals surface area contributed by atoms with Crippen molar-refractivity contribution in [1.29, 1.82) is 0 Å². The van der Waals surface area contributed by atoms with Crippen molar-refractivity contribution in [3.8, 4) is 0 Å². The lowest BCUT2D eigenvalue weighted by Gasteiger charge is -2.28. The van der Waals surface area contributed by atoms with Crippen molar-refractivity contribution >= 4 is 5.91 Å². The van der Waals surface area contributed by atoms with Crippen molar-refractivity contribution in [2.75, 3.05) is 7.05 Å². The molecule has 1 amide bonds. The number of pyridine rings is 1. The van der Waals surface area contributed by atoms with Crippen LogP contribution in [0.4, 0.5) is 0 Å². The summed E-state index contributed by atoms with van der Waals surface area (Å²) in [7, 11) is 1.77. The molecule has 0 spiro atoms. The van der Waals surface area contributed by atoms with Crippen molar-refractivity contribution in [1.82, 2.24) is 9.88 Å². The molecule has 1 aromatic rings. The van der Waals surface area contributed by atoms with E-state index in [0.717, 1.165) is 5.69 Å². The first-order valence-electron chi connectivity index (χ1n) is 5.88. The van der Waals surface area contributed by atoms with Gasteiger partial charge in [-0.05, 0) is 25.0 Å². The first-order chi connectivity index (χ1) is 7.95. The van der Waals surface area contributed by atoms with Crippen molar-refractivity contribution in [3.63, 3.8) is 0 Å². The number of hydrogen-bond donors (Lipinski definition) is 1. The highest BCUT2D eigenvalue weighted by Gasteiger charge is 2.25. The predicted octanol–water partition coefficient (Wildman–Crippen LogP) is 1.58. The number of carbonyl (C=O) groups is 1. The monoisotopic (exact) mass is 235 g/mol. The third-order valence-corrected chi connectivity index (χ3v) is 3.05. The van der Waals surface area contributed by atoms with Crippen molar-refractivity contribution in [3.05, 3.63) is 30.1 Å². The smallest absolute Gasteiger partial charge is 0.240 e. The summed E-state index contributed by atoms with van der Waals surface area (Å²) in [6, 6.07) is 5.17. The highest BCUT2D eigenvalue weighted by Crippen LogP contribution is 2.17. The number of aromatic nitrogens is 1. The largest absolute Gasteiger partial charge is 0.336 e. The third kappa shape index (κ3) is 3.27. The van der Waals surface area contributed by atoms with Gasteiger partial charge >= 0.3 is 0 Å². The summed E-state index contributed by atoms with van der Waals surface area (Å²) in [4.78, 5) is 18.0. The van der Waals surface area contributed by atoms with Crippen molar-refractivity contribution in [2.45, 2.75) is 32.9 Å². The summed E-state index contributed by atoms with van der Waals surface area (Å²) in [5, 5.41) is 0. The van der Waals surface area contributed by atoms with E-state index in [1.165, 1.54) is 0 Å². The minimum absolute atomic E-state index is 0.0434. The van der Waals surface area contributed by atoms with E-state index in [1.807, 2.05) is 39.0 Å². The van der Waals surface area contributed by atoms with Gasteiger partial charge in [-0.2, -0.15) is 0 Å². The van der Waals surface area contributed by atoms with E-state index in [1.54, 1.807) is 18.1 Å². The van der Waals surface area contributed by atoms with Crippen LogP contribution in [0.25, 0.3) is 0 Å². The summed E-state index contributed by atoms with van der Waals surface area (Å²) in [6.45, 7) is 5.84. The van der Waals surface area contributed by atoms with Gasteiger partial charge in [0.15, 0.2) is 0 Å². The van der Waals surface area contributed by atoms with Crippen LogP contribution in [0.5, 0.6) is 0 Å². The Balaban J connectivity index is 2.77. The molecule has 4 heteroatoms. The molecule has 0 saturated heterocycles. The van der Waals surface area contributed by atoms with Gasteiger partial charge in [-0.3, -0.25) is 9.78 Å². The van der Waals surface area contributed by atoms with Gasteiger partial charge in [0.2, 0.25) is 5.91 Å². The minimum atomic E-state index is -0.453. The van der Waals surface area contributed by atoms with Crippen LogP contribution < -0.4 is 5.73 Å². The topological polar surface area (TPSA) is 59.2 Å². The molecule has 4 nitrogen and oxygen atoms in total. The van der Waals surface area contributed by atoms with E-state index in [2.05, 4.69) is 4.98 Å². The average Bonchev–Trinajstić information content (AvgIpc) is 2.36. The van der Waals surface area contributed by atoms with E-state index in [9.17, 15) is 4.79 Å². The van der Waals surface area contributed by atoms with Crippen LogP contribution in [0.15, 0.2) is 24.4 Å². The Bertz CT molecular complexity index is 364. The van der Waals surface area contributed by atoms with Crippen LogP contribution in [-0.2, 0) is 4.79 Å². The van der Waals surface area contributed by atoms with E-state index in [4.69, 9.17) is 5.73 Å². The number of rotatable bonds is 4. The van der Waals surface area contributed by atoms with Crippen LogP contribution in [0.3, 0.4) is 0 Å². The minimum Gasteiger partial charge on any atom is -0.336 e. The molecule has 1 aromatic heterocycles. The summed E-state index contributed by atoms with van der Waals surface area (Å²) in [6.07, 6.45) is 1.73. The SMILES string of the molecule is CC(C)[C@H](N)C(=O)N(C)[C@@H](C)c1ccccn1. The molecule has 2 N–H and O–H groups in total. The molecule has 0 aliphatic heterocycles. The molecular formula is C13H21N3O. The summed E-state index contributed by atoms with van der Waals surface area (Å²) in [5.74, 6) is 0.0963. The third-order valence-electron chi connectivity index (χ3n) is 3.05. The van der Waals surface area contributed by atoms with Gasteiger partial charge in [0, 0.05) is 13.2 Å². The van der Waals surface area contributed by atoms with Crippen LogP contribution >= 0.6 is 0 Å². The standard InChI is InChI=1S/C13H21N3O/c1-9(2)12(14)13(17)16(4)10(3)11-7-5-6-8-15-11/h5-10,12H,14H2,1-4H3/t10-,12-/m0/s1. The number of likely N-dealkylation sites (N-methyl/N-ethyl adjacent to an activating group) is 1. The fourth-order valence-corrected chi connectivity index (χ4v) is 1.53. The van der Waals surface area contributed by atoms with E-state index >= 15 is 0 Å². The van der Waals surface area contributed by atoms with Gasteiger partial charge in [-0.25, -0.2) is 0 Å². The highest BCUT2D eigenvalue weighted by molar-refractivity contribution is 5.82. The molecule has 17 heavy (non-hydrogen) atoms. The number of amides is 1. The summed E-state index contributed by atoms with van der Waals surface area (Å²) >= 11 is 0. The summed E-state index contributed by atoms with van der Waals surface area (Å²) in [5.41, 5.74) is 6.74. The molecule has 0 fully saturated rings. The molecule has 1 rings (SSSR count). The molecule has 94 valence electrons. The zero-order valence-electron chi connectivity index (χ0n) is 10.9. The lowest BCUT2D eigenvalue weighted by molar-refractivity contribution is -0.134. The Labute approximate surface area is 103 Å². The highest BCUT2D eigenvalue weighted by atomic mass is 16.2.